The number of alkyl halides is 1. The van der Waals surface area contributed by atoms with E-state index < -0.39 is 11.6 Å². The minimum Gasteiger partial charge on any atom is -0.479 e. The highest BCUT2D eigenvalue weighted by Gasteiger charge is 2.46. The lowest BCUT2D eigenvalue weighted by molar-refractivity contribution is -0.150. The van der Waals surface area contributed by atoms with Crippen molar-refractivity contribution in [2.75, 3.05) is 13.1 Å². The third-order valence-corrected chi connectivity index (χ3v) is 4.57. The molecule has 0 aliphatic carbocycles. The van der Waals surface area contributed by atoms with Crippen molar-refractivity contribution in [2.24, 2.45) is 0 Å². The summed E-state index contributed by atoms with van der Waals surface area (Å²) in [7, 11) is 0. The first kappa shape index (κ1) is 15.5. The molecule has 1 atom stereocenters. The molecule has 1 saturated heterocycles. The third kappa shape index (κ3) is 2.69. The van der Waals surface area contributed by atoms with Crippen LogP contribution in [0.5, 0.6) is 0 Å². The van der Waals surface area contributed by atoms with Crippen molar-refractivity contribution >= 4 is 22.8 Å². The van der Waals surface area contributed by atoms with E-state index in [1.807, 2.05) is 18.2 Å². The first-order valence-corrected chi connectivity index (χ1v) is 7.72. The molecular formula is C17H19FN2O3. The van der Waals surface area contributed by atoms with Gasteiger partial charge in [0.25, 0.3) is 0 Å². The molecule has 3 rings (SSSR count). The Bertz CT molecular complexity index is 770. The van der Waals surface area contributed by atoms with Crippen LogP contribution >= 0.6 is 0 Å². The van der Waals surface area contributed by atoms with Crippen molar-refractivity contribution in [1.29, 1.82) is 0 Å². The highest BCUT2D eigenvalue weighted by Crippen LogP contribution is 2.28. The number of aromatic amines is 1. The van der Waals surface area contributed by atoms with Gasteiger partial charge in [-0.2, -0.15) is 0 Å². The quantitative estimate of drug-likeness (QED) is 0.908. The van der Waals surface area contributed by atoms with Crippen LogP contribution in [-0.2, 0) is 22.4 Å². The molecule has 1 amide bonds. The van der Waals surface area contributed by atoms with E-state index in [9.17, 15) is 14.0 Å². The predicted octanol–water partition coefficient (Wildman–Crippen LogP) is 2.30. The molecule has 23 heavy (non-hydrogen) atoms. The average Bonchev–Trinajstić information content (AvgIpc) is 3.12. The molecule has 2 heterocycles. The molecule has 1 aliphatic rings. The third-order valence-electron chi connectivity index (χ3n) is 4.57. The van der Waals surface area contributed by atoms with Crippen molar-refractivity contribution in [1.82, 2.24) is 9.88 Å². The minimum absolute atomic E-state index is 0.142. The van der Waals surface area contributed by atoms with Crippen LogP contribution in [0.4, 0.5) is 4.39 Å². The Morgan fingerprint density at radius 2 is 2.17 bits per heavy atom. The van der Waals surface area contributed by atoms with Gasteiger partial charge in [0.05, 0.1) is 13.0 Å². The molecule has 1 unspecified atom stereocenters. The number of nitrogens with one attached hydrogen (secondary N) is 1. The number of benzene rings is 1. The van der Waals surface area contributed by atoms with Gasteiger partial charge in [0.1, 0.15) is 0 Å². The van der Waals surface area contributed by atoms with E-state index >= 15 is 0 Å². The lowest BCUT2D eigenvalue weighted by Gasteiger charge is -2.17. The molecule has 1 aromatic heterocycles. The Hall–Kier alpha value is -2.37. The number of H-pyrrole nitrogens is 1. The predicted molar refractivity (Wildman–Crippen MR) is 84.1 cm³/mol. The van der Waals surface area contributed by atoms with E-state index in [-0.39, 0.29) is 31.8 Å². The van der Waals surface area contributed by atoms with Gasteiger partial charge in [-0.05, 0) is 17.5 Å². The van der Waals surface area contributed by atoms with Crippen molar-refractivity contribution in [3.05, 3.63) is 35.5 Å². The van der Waals surface area contributed by atoms with E-state index in [1.54, 1.807) is 6.20 Å². The first-order valence-electron chi connectivity index (χ1n) is 7.72. The maximum Gasteiger partial charge on any atom is 0.343 e. The average molecular weight is 318 g/mol. The van der Waals surface area contributed by atoms with Gasteiger partial charge >= 0.3 is 5.97 Å². The Morgan fingerprint density at radius 1 is 1.39 bits per heavy atom. The van der Waals surface area contributed by atoms with Gasteiger partial charge < -0.3 is 15.0 Å². The lowest BCUT2D eigenvalue weighted by Crippen LogP contribution is -2.39. The van der Waals surface area contributed by atoms with Gasteiger partial charge in [-0.15, -0.1) is 0 Å². The highest BCUT2D eigenvalue weighted by atomic mass is 19.1. The van der Waals surface area contributed by atoms with Crippen LogP contribution in [0.2, 0.25) is 0 Å². The van der Waals surface area contributed by atoms with Gasteiger partial charge in [0, 0.05) is 30.1 Å². The fourth-order valence-corrected chi connectivity index (χ4v) is 3.15. The van der Waals surface area contributed by atoms with E-state index in [1.165, 1.54) is 10.5 Å². The maximum absolute atomic E-state index is 14.1. The van der Waals surface area contributed by atoms with E-state index in [0.29, 0.717) is 0 Å². The van der Waals surface area contributed by atoms with E-state index in [0.717, 1.165) is 22.9 Å². The fraction of sp³-hybridized carbons (Fsp3) is 0.412. The molecule has 6 heteroatoms. The number of carbonyl (C=O) groups excluding carboxylic acids is 1. The maximum atomic E-state index is 14.1. The van der Waals surface area contributed by atoms with E-state index in [4.69, 9.17) is 5.11 Å². The number of fused-ring (bicyclic) bond motifs is 1. The summed E-state index contributed by atoms with van der Waals surface area (Å²) < 4.78 is 14.1. The SMILES string of the molecule is CCc1cccc2c(CC(=O)N3CCC(F)(C(=O)O)C3)c[nH]c12. The number of aliphatic carboxylic acids is 1. The second-order valence-corrected chi connectivity index (χ2v) is 6.02. The molecular weight excluding hydrogens is 299 g/mol. The Morgan fingerprint density at radius 3 is 2.83 bits per heavy atom. The van der Waals surface area contributed by atoms with Gasteiger partial charge in [-0.1, -0.05) is 25.1 Å². The number of para-hydroxylation sites is 1. The van der Waals surface area contributed by atoms with Crippen LogP contribution in [-0.4, -0.2) is 45.6 Å². The molecule has 0 saturated carbocycles. The summed E-state index contributed by atoms with van der Waals surface area (Å²) in [5.74, 6) is -1.74. The Kier molecular flexibility index (Phi) is 3.83. The zero-order valence-electron chi connectivity index (χ0n) is 12.9. The molecule has 0 bridgehead atoms. The van der Waals surface area contributed by atoms with Gasteiger partial charge in [-0.25, -0.2) is 9.18 Å². The summed E-state index contributed by atoms with van der Waals surface area (Å²) in [5.41, 5.74) is 0.734. The highest BCUT2D eigenvalue weighted by molar-refractivity contribution is 5.91. The number of nitrogens with zero attached hydrogens (tertiary/aromatic N) is 1. The first-order chi connectivity index (χ1) is 10.9. The lowest BCUT2D eigenvalue weighted by atomic mass is 10.1. The van der Waals surface area contributed by atoms with Gasteiger partial charge in [0.15, 0.2) is 0 Å². The van der Waals surface area contributed by atoms with Crippen molar-refractivity contribution in [3.8, 4) is 0 Å². The van der Waals surface area contributed by atoms with Crippen LogP contribution in [0, 0.1) is 0 Å². The number of carboxylic acids is 1. The summed E-state index contributed by atoms with van der Waals surface area (Å²) >= 11 is 0. The fourth-order valence-electron chi connectivity index (χ4n) is 3.15. The van der Waals surface area contributed by atoms with Crippen LogP contribution in [0.25, 0.3) is 10.9 Å². The summed E-state index contributed by atoms with van der Waals surface area (Å²) in [6.45, 7) is 1.84. The number of halogens is 1. The topological polar surface area (TPSA) is 73.4 Å². The molecule has 0 spiro atoms. The van der Waals surface area contributed by atoms with Gasteiger partial charge in [0.2, 0.25) is 11.6 Å². The summed E-state index contributed by atoms with van der Waals surface area (Å²) in [5, 5.41) is 9.90. The van der Waals surface area contributed by atoms with Gasteiger partial charge in [-0.3, -0.25) is 4.79 Å². The largest absolute Gasteiger partial charge is 0.479 e. The number of carboxylic acid groups (broad SMARTS) is 1. The number of hydrogen-bond donors (Lipinski definition) is 2. The van der Waals surface area contributed by atoms with Crippen molar-refractivity contribution < 1.29 is 19.1 Å². The number of likely N-dealkylation sites (tertiary alicyclic amines) is 1. The number of hydrogen-bond acceptors (Lipinski definition) is 2. The minimum atomic E-state index is -2.31. The second-order valence-electron chi connectivity index (χ2n) is 6.02. The number of amides is 1. The molecule has 5 nitrogen and oxygen atoms in total. The molecule has 2 N–H and O–H groups in total. The van der Waals surface area contributed by atoms with Crippen LogP contribution in [0.15, 0.2) is 24.4 Å². The number of carbonyl (C=O) groups is 2. The number of aryl methyl sites for hydroxylation is 1. The van der Waals surface area contributed by atoms with E-state index in [2.05, 4.69) is 11.9 Å². The standard InChI is InChI=1S/C17H19FN2O3/c1-2-11-4-3-5-13-12(9-19-15(11)13)8-14(21)20-7-6-17(18,10-20)16(22)23/h3-5,9,19H,2,6-8,10H2,1H3,(H,22,23). The Labute approximate surface area is 133 Å². The molecule has 1 fully saturated rings. The number of aromatic nitrogens is 1. The summed E-state index contributed by atoms with van der Waals surface area (Å²) in [6, 6.07) is 5.94. The van der Waals surface area contributed by atoms with Crippen LogP contribution in [0.1, 0.15) is 24.5 Å². The molecule has 1 aromatic carbocycles. The van der Waals surface area contributed by atoms with Crippen molar-refractivity contribution in [2.45, 2.75) is 31.9 Å². The zero-order chi connectivity index (χ0) is 16.6. The van der Waals surface area contributed by atoms with Crippen LogP contribution < -0.4 is 0 Å². The molecule has 1 aliphatic heterocycles. The second kappa shape index (κ2) is 5.68. The molecule has 2 aromatic rings. The molecule has 122 valence electrons. The summed E-state index contributed by atoms with van der Waals surface area (Å²) in [6.07, 6.45) is 2.68. The molecule has 0 radical (unpaired) electrons. The Balaban J connectivity index is 1.78. The van der Waals surface area contributed by atoms with Crippen LogP contribution in [0.3, 0.4) is 0 Å². The van der Waals surface area contributed by atoms with Crippen molar-refractivity contribution in [3.63, 3.8) is 0 Å². The normalized spacial score (nSPS) is 21.0. The monoisotopic (exact) mass is 318 g/mol. The number of rotatable bonds is 4. The summed E-state index contributed by atoms with van der Waals surface area (Å²) in [4.78, 5) is 27.8. The smallest absolute Gasteiger partial charge is 0.343 e. The zero-order valence-corrected chi connectivity index (χ0v) is 12.9.